The Balaban J connectivity index is 1.77. The summed E-state index contributed by atoms with van der Waals surface area (Å²) in [5, 5.41) is 12.8. The summed E-state index contributed by atoms with van der Waals surface area (Å²) >= 11 is 1.44. The molecular weight excluding hydrogens is 322 g/mol. The van der Waals surface area contributed by atoms with Crippen LogP contribution >= 0.6 is 11.8 Å². The third kappa shape index (κ3) is 5.58. The van der Waals surface area contributed by atoms with Crippen molar-refractivity contribution in [2.75, 3.05) is 12.9 Å². The van der Waals surface area contributed by atoms with Crippen molar-refractivity contribution in [2.45, 2.75) is 24.8 Å². The van der Waals surface area contributed by atoms with Gasteiger partial charge < -0.3 is 15.2 Å². The molecule has 5 heteroatoms. The molecule has 2 unspecified atom stereocenters. The molecule has 0 aromatic heterocycles. The van der Waals surface area contributed by atoms with Crippen LogP contribution < -0.4 is 10.1 Å². The lowest BCUT2D eigenvalue weighted by atomic mass is 10.1. The highest BCUT2D eigenvalue weighted by atomic mass is 32.2. The fourth-order valence-electron chi connectivity index (χ4n) is 2.20. The van der Waals surface area contributed by atoms with E-state index in [2.05, 4.69) is 5.32 Å². The summed E-state index contributed by atoms with van der Waals surface area (Å²) in [6.07, 6.45) is -0.565. The molecule has 0 spiro atoms. The molecule has 2 aromatic rings. The van der Waals surface area contributed by atoms with Gasteiger partial charge in [-0.15, -0.1) is 11.8 Å². The number of amides is 1. The summed E-state index contributed by atoms with van der Waals surface area (Å²) in [5.41, 5.74) is 1.86. The van der Waals surface area contributed by atoms with E-state index in [-0.39, 0.29) is 11.2 Å². The van der Waals surface area contributed by atoms with Crippen LogP contribution in [-0.2, 0) is 11.3 Å². The van der Waals surface area contributed by atoms with Crippen molar-refractivity contribution in [3.05, 3.63) is 65.7 Å². The van der Waals surface area contributed by atoms with Crippen LogP contribution in [0, 0.1) is 0 Å². The number of hydrogen-bond donors (Lipinski definition) is 2. The van der Waals surface area contributed by atoms with Crippen LogP contribution in [0.5, 0.6) is 5.75 Å². The Morgan fingerprint density at radius 3 is 2.67 bits per heavy atom. The van der Waals surface area contributed by atoms with E-state index in [9.17, 15) is 9.90 Å². The molecule has 0 saturated heterocycles. The number of aliphatic hydroxyl groups excluding tert-OH is 1. The molecule has 0 aliphatic rings. The molecule has 2 N–H and O–H groups in total. The van der Waals surface area contributed by atoms with Crippen LogP contribution in [-0.4, -0.2) is 29.1 Å². The van der Waals surface area contributed by atoms with Gasteiger partial charge in [-0.05, 0) is 30.2 Å². The second kappa shape index (κ2) is 9.35. The van der Waals surface area contributed by atoms with Crippen LogP contribution in [0.2, 0.25) is 0 Å². The predicted molar refractivity (Wildman–Crippen MR) is 98.2 cm³/mol. The first-order chi connectivity index (χ1) is 11.6. The van der Waals surface area contributed by atoms with Crippen molar-refractivity contribution in [3.63, 3.8) is 0 Å². The molecule has 4 nitrogen and oxygen atoms in total. The molecule has 0 aliphatic carbocycles. The fourth-order valence-corrected chi connectivity index (χ4v) is 3.10. The number of carbonyl (C=O) groups is 1. The van der Waals surface area contributed by atoms with Gasteiger partial charge >= 0.3 is 0 Å². The number of methoxy groups -OCH3 is 1. The average Bonchev–Trinajstić information content (AvgIpc) is 2.64. The quantitative estimate of drug-likeness (QED) is 0.771. The van der Waals surface area contributed by atoms with Crippen molar-refractivity contribution in [1.29, 1.82) is 0 Å². The molecule has 0 bridgehead atoms. The summed E-state index contributed by atoms with van der Waals surface area (Å²) < 4.78 is 5.17. The van der Waals surface area contributed by atoms with Crippen molar-refractivity contribution in [3.8, 4) is 5.75 Å². The van der Waals surface area contributed by atoms with Crippen LogP contribution in [0.4, 0.5) is 0 Å². The van der Waals surface area contributed by atoms with Gasteiger partial charge in [-0.3, -0.25) is 4.79 Å². The van der Waals surface area contributed by atoms with Gasteiger partial charge in [0.2, 0.25) is 5.91 Å². The fraction of sp³-hybridized carbons (Fsp3) is 0.316. The number of benzene rings is 2. The number of nitrogens with one attached hydrogen (secondary N) is 1. The van der Waals surface area contributed by atoms with E-state index in [0.29, 0.717) is 12.3 Å². The minimum absolute atomic E-state index is 0.0388. The van der Waals surface area contributed by atoms with Gasteiger partial charge in [0.25, 0.3) is 0 Å². The van der Waals surface area contributed by atoms with Crippen LogP contribution in [0.25, 0.3) is 0 Å². The van der Waals surface area contributed by atoms with E-state index < -0.39 is 6.10 Å². The number of hydrogen-bond acceptors (Lipinski definition) is 4. The molecule has 2 atom stereocenters. The number of ether oxygens (including phenoxy) is 1. The largest absolute Gasteiger partial charge is 0.497 e. The van der Waals surface area contributed by atoms with Crippen LogP contribution in [0.1, 0.15) is 24.2 Å². The van der Waals surface area contributed by atoms with E-state index >= 15 is 0 Å². The molecule has 0 aliphatic heterocycles. The van der Waals surface area contributed by atoms with E-state index in [1.165, 1.54) is 11.8 Å². The summed E-state index contributed by atoms with van der Waals surface area (Å²) in [5.74, 6) is 1.22. The highest BCUT2D eigenvalue weighted by Gasteiger charge is 2.16. The monoisotopic (exact) mass is 345 g/mol. The lowest BCUT2D eigenvalue weighted by Crippen LogP contribution is -2.31. The normalized spacial score (nSPS) is 13.1. The Bertz CT molecular complexity index is 648. The number of thioether (sulfide) groups is 1. The molecule has 0 fully saturated rings. The van der Waals surface area contributed by atoms with Crippen molar-refractivity contribution in [2.24, 2.45) is 0 Å². The van der Waals surface area contributed by atoms with E-state index in [1.807, 2.05) is 61.5 Å². The summed E-state index contributed by atoms with van der Waals surface area (Å²) in [4.78, 5) is 12.2. The van der Waals surface area contributed by atoms with E-state index in [0.717, 1.165) is 16.9 Å². The van der Waals surface area contributed by atoms with Gasteiger partial charge in [-0.1, -0.05) is 42.5 Å². The summed E-state index contributed by atoms with van der Waals surface area (Å²) in [6, 6.07) is 17.1. The van der Waals surface area contributed by atoms with E-state index in [4.69, 9.17) is 4.74 Å². The molecule has 0 heterocycles. The second-order valence-corrected chi connectivity index (χ2v) is 6.85. The Labute approximate surface area is 147 Å². The third-order valence-electron chi connectivity index (χ3n) is 3.66. The minimum atomic E-state index is -0.565. The topological polar surface area (TPSA) is 58.6 Å². The Kier molecular flexibility index (Phi) is 7.15. The van der Waals surface area contributed by atoms with Gasteiger partial charge in [-0.2, -0.15) is 0 Å². The molecule has 2 rings (SSSR count). The minimum Gasteiger partial charge on any atom is -0.497 e. The van der Waals surface area contributed by atoms with Crippen LogP contribution in [0.15, 0.2) is 54.6 Å². The zero-order valence-corrected chi connectivity index (χ0v) is 14.8. The number of carbonyl (C=O) groups excluding carboxylic acids is 1. The van der Waals surface area contributed by atoms with E-state index in [1.54, 1.807) is 7.11 Å². The van der Waals surface area contributed by atoms with Crippen molar-refractivity contribution < 1.29 is 14.6 Å². The maximum Gasteiger partial charge on any atom is 0.233 e. The molecule has 0 radical (unpaired) electrons. The lowest BCUT2D eigenvalue weighted by molar-refractivity contribution is -0.120. The number of rotatable bonds is 8. The highest BCUT2D eigenvalue weighted by molar-refractivity contribution is 8.00. The van der Waals surface area contributed by atoms with Gasteiger partial charge in [-0.25, -0.2) is 0 Å². The maximum absolute atomic E-state index is 12.2. The van der Waals surface area contributed by atoms with Crippen LogP contribution in [0.3, 0.4) is 0 Å². The summed E-state index contributed by atoms with van der Waals surface area (Å²) in [6.45, 7) is 2.31. The first-order valence-corrected chi connectivity index (χ1v) is 8.90. The first-order valence-electron chi connectivity index (χ1n) is 7.85. The molecule has 24 heavy (non-hydrogen) atoms. The molecule has 0 saturated carbocycles. The van der Waals surface area contributed by atoms with Gasteiger partial charge in [0.05, 0.1) is 18.5 Å². The SMILES string of the molecule is COc1cccc(CNC(=O)C(C)SCC(O)c2ccccc2)c1. The summed E-state index contributed by atoms with van der Waals surface area (Å²) in [7, 11) is 1.62. The zero-order valence-electron chi connectivity index (χ0n) is 13.9. The van der Waals surface area contributed by atoms with Gasteiger partial charge in [0.1, 0.15) is 5.75 Å². The lowest BCUT2D eigenvalue weighted by Gasteiger charge is -2.15. The molecular formula is C19H23NO3S. The van der Waals surface area contributed by atoms with Gasteiger partial charge in [0.15, 0.2) is 0 Å². The molecule has 2 aromatic carbocycles. The maximum atomic E-state index is 12.2. The zero-order chi connectivity index (χ0) is 17.4. The second-order valence-electron chi connectivity index (χ2n) is 5.47. The number of aliphatic hydroxyl groups is 1. The average molecular weight is 345 g/mol. The standard InChI is InChI=1S/C19H23NO3S/c1-14(24-13-18(21)16-8-4-3-5-9-16)19(22)20-12-15-7-6-10-17(11-15)23-2/h3-11,14,18,21H,12-13H2,1-2H3,(H,20,22). The Morgan fingerprint density at radius 1 is 1.21 bits per heavy atom. The van der Waals surface area contributed by atoms with Crippen molar-refractivity contribution in [1.82, 2.24) is 5.32 Å². The predicted octanol–water partition coefficient (Wildman–Crippen LogP) is 3.17. The molecule has 128 valence electrons. The first kappa shape index (κ1) is 18.4. The smallest absolute Gasteiger partial charge is 0.233 e. The molecule has 1 amide bonds. The van der Waals surface area contributed by atoms with Crippen molar-refractivity contribution >= 4 is 17.7 Å². The Morgan fingerprint density at radius 2 is 1.96 bits per heavy atom. The third-order valence-corrected chi connectivity index (χ3v) is 4.88. The Hall–Kier alpha value is -1.98. The highest BCUT2D eigenvalue weighted by Crippen LogP contribution is 2.21. The van der Waals surface area contributed by atoms with Gasteiger partial charge in [0, 0.05) is 12.3 Å².